The van der Waals surface area contributed by atoms with Crippen LogP contribution in [0.2, 0.25) is 5.02 Å². The van der Waals surface area contributed by atoms with E-state index < -0.39 is 0 Å². The number of carbonyl (C=O) groups is 1. The van der Waals surface area contributed by atoms with E-state index in [1.807, 2.05) is 42.6 Å². The minimum atomic E-state index is -0.231. The van der Waals surface area contributed by atoms with Crippen LogP contribution in [0.5, 0.6) is 5.75 Å². The minimum absolute atomic E-state index is 0.0541. The molecule has 0 fully saturated rings. The van der Waals surface area contributed by atoms with Crippen LogP contribution in [0, 0.1) is 6.92 Å². The van der Waals surface area contributed by atoms with E-state index >= 15 is 0 Å². The smallest absolute Gasteiger partial charge is 0.230 e. The van der Waals surface area contributed by atoms with Crippen LogP contribution >= 0.6 is 22.9 Å². The van der Waals surface area contributed by atoms with E-state index in [2.05, 4.69) is 10.3 Å². The van der Waals surface area contributed by atoms with E-state index in [0.29, 0.717) is 16.4 Å². The number of nitrogens with one attached hydrogen (secondary N) is 1. The van der Waals surface area contributed by atoms with Gasteiger partial charge in [0.05, 0.1) is 22.8 Å². The van der Waals surface area contributed by atoms with Crippen molar-refractivity contribution in [2.75, 3.05) is 5.32 Å². The highest BCUT2D eigenvalue weighted by Crippen LogP contribution is 2.30. The van der Waals surface area contributed by atoms with Crippen molar-refractivity contribution in [3.05, 3.63) is 64.1 Å². The molecule has 2 N–H and O–H groups in total. The molecule has 0 saturated heterocycles. The predicted molar refractivity (Wildman–Crippen MR) is 97.7 cm³/mol. The fraction of sp³-hybridized carbons (Fsp3) is 0.111. The molecule has 24 heavy (non-hydrogen) atoms. The molecular formula is C18H15ClN2O2S. The largest absolute Gasteiger partial charge is 0.506 e. The number of aromatic nitrogens is 1. The highest BCUT2D eigenvalue weighted by Gasteiger charge is 2.12. The molecular weight excluding hydrogens is 344 g/mol. The van der Waals surface area contributed by atoms with Gasteiger partial charge in [-0.05, 0) is 30.7 Å². The Balaban J connectivity index is 1.70. The Morgan fingerprint density at radius 3 is 2.83 bits per heavy atom. The zero-order valence-electron chi connectivity index (χ0n) is 12.9. The number of rotatable bonds is 4. The van der Waals surface area contributed by atoms with Gasteiger partial charge < -0.3 is 10.4 Å². The molecule has 0 atom stereocenters. The Kier molecular flexibility index (Phi) is 4.83. The maximum Gasteiger partial charge on any atom is 0.230 e. The summed E-state index contributed by atoms with van der Waals surface area (Å²) in [4.78, 5) is 16.6. The van der Waals surface area contributed by atoms with Gasteiger partial charge in [-0.2, -0.15) is 0 Å². The van der Waals surface area contributed by atoms with Gasteiger partial charge in [-0.1, -0.05) is 35.9 Å². The van der Waals surface area contributed by atoms with Crippen molar-refractivity contribution in [3.63, 3.8) is 0 Å². The van der Waals surface area contributed by atoms with Gasteiger partial charge in [0.1, 0.15) is 10.8 Å². The number of hydrogen-bond donors (Lipinski definition) is 2. The van der Waals surface area contributed by atoms with E-state index in [0.717, 1.165) is 16.1 Å². The summed E-state index contributed by atoms with van der Waals surface area (Å²) in [5.41, 5.74) is 2.84. The number of halogens is 1. The molecule has 6 heteroatoms. The first-order valence-corrected chi connectivity index (χ1v) is 8.57. The Morgan fingerprint density at radius 2 is 2.08 bits per heavy atom. The van der Waals surface area contributed by atoms with E-state index in [-0.39, 0.29) is 18.1 Å². The zero-order valence-corrected chi connectivity index (χ0v) is 14.5. The first kappa shape index (κ1) is 16.5. The molecule has 2 aromatic carbocycles. The molecule has 0 bridgehead atoms. The Morgan fingerprint density at radius 1 is 1.29 bits per heavy atom. The van der Waals surface area contributed by atoms with Crippen molar-refractivity contribution < 1.29 is 9.90 Å². The van der Waals surface area contributed by atoms with Gasteiger partial charge in [0.2, 0.25) is 5.91 Å². The number of phenols is 1. The summed E-state index contributed by atoms with van der Waals surface area (Å²) in [5, 5.41) is 15.8. The van der Waals surface area contributed by atoms with Gasteiger partial charge in [-0.15, -0.1) is 11.3 Å². The van der Waals surface area contributed by atoms with E-state index in [1.165, 1.54) is 11.3 Å². The van der Waals surface area contributed by atoms with Crippen molar-refractivity contribution >= 4 is 34.5 Å². The molecule has 1 aromatic heterocycles. The number of amides is 1. The van der Waals surface area contributed by atoms with Crippen LogP contribution in [0.25, 0.3) is 10.6 Å². The molecule has 0 spiro atoms. The second kappa shape index (κ2) is 7.03. The lowest BCUT2D eigenvalue weighted by Gasteiger charge is -2.07. The average Bonchev–Trinajstić information content (AvgIpc) is 2.99. The Labute approximate surface area is 148 Å². The van der Waals surface area contributed by atoms with Gasteiger partial charge in [0.25, 0.3) is 0 Å². The number of phenolic OH excluding ortho intramolecular Hbond substituents is 1. The number of nitrogens with zero attached hydrogens (tertiary/aromatic N) is 1. The minimum Gasteiger partial charge on any atom is -0.506 e. The maximum absolute atomic E-state index is 12.1. The van der Waals surface area contributed by atoms with Crippen molar-refractivity contribution in [3.8, 4) is 16.3 Å². The van der Waals surface area contributed by atoms with Gasteiger partial charge >= 0.3 is 0 Å². The fourth-order valence-electron chi connectivity index (χ4n) is 2.25. The lowest BCUT2D eigenvalue weighted by molar-refractivity contribution is -0.115. The van der Waals surface area contributed by atoms with E-state index in [9.17, 15) is 9.90 Å². The molecule has 3 rings (SSSR count). The molecule has 0 radical (unpaired) electrons. The molecule has 3 aromatic rings. The molecule has 0 saturated carbocycles. The van der Waals surface area contributed by atoms with Crippen LogP contribution in [-0.2, 0) is 11.2 Å². The fourth-order valence-corrected chi connectivity index (χ4v) is 3.39. The number of benzene rings is 2. The Hall–Kier alpha value is -2.37. The normalized spacial score (nSPS) is 10.6. The SMILES string of the molecule is Cc1ccc(NC(=O)Cc2csc(-c3ccccc3Cl)n2)c(O)c1. The number of carbonyl (C=O) groups excluding carboxylic acids is 1. The quantitative estimate of drug-likeness (QED) is 0.667. The summed E-state index contributed by atoms with van der Waals surface area (Å²) < 4.78 is 0. The van der Waals surface area contributed by atoms with Crippen molar-refractivity contribution in [1.29, 1.82) is 0 Å². The second-order valence-corrected chi connectivity index (χ2v) is 6.63. The van der Waals surface area contributed by atoms with E-state index in [4.69, 9.17) is 11.6 Å². The third-order valence-corrected chi connectivity index (χ3v) is 4.68. The van der Waals surface area contributed by atoms with E-state index in [1.54, 1.807) is 12.1 Å². The highest BCUT2D eigenvalue weighted by molar-refractivity contribution is 7.13. The summed E-state index contributed by atoms with van der Waals surface area (Å²) >= 11 is 7.62. The van der Waals surface area contributed by atoms with Crippen LogP contribution in [0.15, 0.2) is 47.8 Å². The lowest BCUT2D eigenvalue weighted by Crippen LogP contribution is -2.14. The van der Waals surface area contributed by atoms with Crippen LogP contribution in [0.3, 0.4) is 0 Å². The third-order valence-electron chi connectivity index (χ3n) is 3.43. The highest BCUT2D eigenvalue weighted by atomic mass is 35.5. The van der Waals surface area contributed by atoms with Crippen LogP contribution < -0.4 is 5.32 Å². The van der Waals surface area contributed by atoms with Crippen LogP contribution in [0.4, 0.5) is 5.69 Å². The van der Waals surface area contributed by atoms with Crippen molar-refractivity contribution in [2.45, 2.75) is 13.3 Å². The van der Waals surface area contributed by atoms with Crippen LogP contribution in [0.1, 0.15) is 11.3 Å². The van der Waals surface area contributed by atoms with Crippen molar-refractivity contribution in [2.24, 2.45) is 0 Å². The molecule has 122 valence electrons. The molecule has 4 nitrogen and oxygen atoms in total. The summed E-state index contributed by atoms with van der Waals surface area (Å²) in [6.45, 7) is 1.87. The molecule has 0 aliphatic rings. The molecule has 0 unspecified atom stereocenters. The summed E-state index contributed by atoms with van der Waals surface area (Å²) in [6.07, 6.45) is 0.133. The van der Waals surface area contributed by atoms with Gasteiger partial charge in [0, 0.05) is 10.9 Å². The summed E-state index contributed by atoms with van der Waals surface area (Å²) in [5.74, 6) is -0.177. The molecule has 1 amide bonds. The second-order valence-electron chi connectivity index (χ2n) is 5.37. The number of anilines is 1. The lowest BCUT2D eigenvalue weighted by atomic mass is 10.2. The molecule has 0 aliphatic carbocycles. The zero-order chi connectivity index (χ0) is 17.1. The molecule has 1 heterocycles. The number of aryl methyl sites for hydroxylation is 1. The number of thiazole rings is 1. The van der Waals surface area contributed by atoms with Gasteiger partial charge in [-0.25, -0.2) is 4.98 Å². The maximum atomic E-state index is 12.1. The first-order valence-electron chi connectivity index (χ1n) is 7.31. The monoisotopic (exact) mass is 358 g/mol. The number of hydrogen-bond acceptors (Lipinski definition) is 4. The average molecular weight is 359 g/mol. The number of aromatic hydroxyl groups is 1. The third kappa shape index (κ3) is 3.75. The van der Waals surface area contributed by atoms with Gasteiger partial charge in [-0.3, -0.25) is 4.79 Å². The molecule has 0 aliphatic heterocycles. The summed E-state index contributed by atoms with van der Waals surface area (Å²) in [7, 11) is 0. The summed E-state index contributed by atoms with van der Waals surface area (Å²) in [6, 6.07) is 12.6. The van der Waals surface area contributed by atoms with Crippen molar-refractivity contribution in [1.82, 2.24) is 4.98 Å². The van der Waals surface area contributed by atoms with Gasteiger partial charge in [0.15, 0.2) is 0 Å². The Bertz CT molecular complexity index is 892. The predicted octanol–water partition coefficient (Wildman–Crippen LogP) is 4.66. The first-order chi connectivity index (χ1) is 11.5. The standard InChI is InChI=1S/C18H15ClN2O2S/c1-11-6-7-15(16(22)8-11)21-17(23)9-12-10-24-18(20-12)13-4-2-3-5-14(13)19/h2-8,10,22H,9H2,1H3,(H,21,23). The van der Waals surface area contributed by atoms with Crippen LogP contribution in [-0.4, -0.2) is 16.0 Å². The topological polar surface area (TPSA) is 62.2 Å².